The number of nitrogens with zero attached hydrogens (tertiary/aromatic N) is 1. The average molecular weight is 366 g/mol. The highest BCUT2D eigenvalue weighted by Crippen LogP contribution is 2.24. The molecule has 0 saturated heterocycles. The molecule has 0 radical (unpaired) electrons. The van der Waals surface area contributed by atoms with Crippen molar-refractivity contribution in [2.24, 2.45) is 10.9 Å². The number of halogens is 1. The topological polar surface area (TPSA) is 114 Å². The molecule has 0 spiro atoms. The van der Waals surface area contributed by atoms with Crippen molar-refractivity contribution in [3.63, 3.8) is 0 Å². The quantitative estimate of drug-likeness (QED) is 0.221. The maximum Gasteiger partial charge on any atom is 0.232 e. The van der Waals surface area contributed by atoms with Crippen molar-refractivity contribution in [2.45, 2.75) is 6.42 Å². The average Bonchev–Trinajstić information content (AvgIpc) is 2.40. The fraction of sp³-hybridized carbons (Fsp3) is 0.364. The molecule has 0 heterocycles. The summed E-state index contributed by atoms with van der Waals surface area (Å²) in [6, 6.07) is 4.64. The summed E-state index contributed by atoms with van der Waals surface area (Å²) in [5.41, 5.74) is 6.31. The van der Waals surface area contributed by atoms with E-state index in [-0.39, 0.29) is 11.6 Å². The van der Waals surface area contributed by atoms with Crippen molar-refractivity contribution in [1.29, 1.82) is 0 Å². The fourth-order valence-electron chi connectivity index (χ4n) is 1.43. The van der Waals surface area contributed by atoms with Crippen molar-refractivity contribution >= 4 is 37.5 Å². The monoisotopic (exact) mass is 365 g/mol. The minimum atomic E-state index is -3.44. The van der Waals surface area contributed by atoms with Crippen LogP contribution in [0.5, 0.6) is 0 Å². The van der Waals surface area contributed by atoms with Gasteiger partial charge in [0.25, 0.3) is 0 Å². The number of benzene rings is 1. The molecular weight excluding hydrogens is 350 g/mol. The molecule has 4 N–H and O–H groups in total. The first kappa shape index (κ1) is 16.7. The Hall–Kier alpha value is -1.32. The third-order valence-electron chi connectivity index (χ3n) is 2.40. The Bertz CT molecular complexity index is 589. The highest BCUT2D eigenvalue weighted by molar-refractivity contribution is 9.10. The second-order valence-electron chi connectivity index (χ2n) is 3.95. The minimum Gasteiger partial charge on any atom is -0.409 e. The molecule has 0 fully saturated rings. The summed E-state index contributed by atoms with van der Waals surface area (Å²) < 4.78 is 31.4. The van der Waals surface area contributed by atoms with Gasteiger partial charge in [-0.1, -0.05) is 5.16 Å². The van der Waals surface area contributed by atoms with Gasteiger partial charge < -0.3 is 15.7 Å². The van der Waals surface area contributed by atoms with E-state index in [0.29, 0.717) is 28.8 Å². The van der Waals surface area contributed by atoms with E-state index < -0.39 is 10.0 Å². The number of rotatable bonds is 7. The molecule has 0 bridgehead atoms. The minimum absolute atomic E-state index is 0.0325. The van der Waals surface area contributed by atoms with E-state index in [1.807, 2.05) is 0 Å². The molecule has 9 heteroatoms. The number of methoxy groups -OCH3 is 1. The van der Waals surface area contributed by atoms with Crippen LogP contribution in [0.1, 0.15) is 12.0 Å². The first-order valence-corrected chi connectivity index (χ1v) is 8.11. The lowest BCUT2D eigenvalue weighted by Crippen LogP contribution is -2.18. The van der Waals surface area contributed by atoms with E-state index in [2.05, 4.69) is 25.8 Å². The maximum atomic E-state index is 11.8. The number of amidine groups is 1. The summed E-state index contributed by atoms with van der Waals surface area (Å²) in [7, 11) is -1.92. The number of hydrogen-bond donors (Lipinski definition) is 3. The Balaban J connectivity index is 2.83. The molecule has 7 nitrogen and oxygen atoms in total. The number of ether oxygens (including phenoxy) is 1. The summed E-state index contributed by atoms with van der Waals surface area (Å²) in [6.07, 6.45) is 0.408. The van der Waals surface area contributed by atoms with E-state index >= 15 is 0 Å². The first-order valence-electron chi connectivity index (χ1n) is 5.66. The van der Waals surface area contributed by atoms with Gasteiger partial charge >= 0.3 is 0 Å². The van der Waals surface area contributed by atoms with Crippen molar-refractivity contribution in [3.05, 3.63) is 28.2 Å². The molecular formula is C11H16BrN3O4S. The first-order chi connectivity index (χ1) is 9.39. The van der Waals surface area contributed by atoms with Gasteiger partial charge in [0, 0.05) is 23.8 Å². The van der Waals surface area contributed by atoms with Gasteiger partial charge in [0.2, 0.25) is 10.0 Å². The number of sulfonamides is 1. The van der Waals surface area contributed by atoms with Crippen LogP contribution < -0.4 is 10.5 Å². The third-order valence-corrected chi connectivity index (χ3v) is 4.41. The highest BCUT2D eigenvalue weighted by atomic mass is 79.9. The number of anilines is 1. The van der Waals surface area contributed by atoms with Crippen LogP contribution in [0.2, 0.25) is 0 Å². The van der Waals surface area contributed by atoms with Gasteiger partial charge in [0.05, 0.1) is 11.4 Å². The lowest BCUT2D eigenvalue weighted by atomic mass is 10.2. The predicted molar refractivity (Wildman–Crippen MR) is 80.6 cm³/mol. The molecule has 0 atom stereocenters. The second-order valence-corrected chi connectivity index (χ2v) is 6.64. The van der Waals surface area contributed by atoms with Crippen LogP contribution in [0.3, 0.4) is 0 Å². The molecule has 0 saturated carbocycles. The molecule has 0 amide bonds. The van der Waals surface area contributed by atoms with Crippen molar-refractivity contribution in [3.8, 4) is 0 Å². The van der Waals surface area contributed by atoms with Crippen LogP contribution in [-0.2, 0) is 14.8 Å². The van der Waals surface area contributed by atoms with Crippen LogP contribution in [-0.4, -0.2) is 38.9 Å². The molecule has 1 rings (SSSR count). The summed E-state index contributed by atoms with van der Waals surface area (Å²) in [4.78, 5) is 0. The molecule has 0 aliphatic rings. The smallest absolute Gasteiger partial charge is 0.232 e. The zero-order valence-corrected chi connectivity index (χ0v) is 13.2. The summed E-state index contributed by atoms with van der Waals surface area (Å²) in [6.45, 7) is 0.379. The molecule has 20 heavy (non-hydrogen) atoms. The van der Waals surface area contributed by atoms with Crippen LogP contribution in [0, 0.1) is 0 Å². The zero-order valence-electron chi connectivity index (χ0n) is 10.8. The normalized spacial score (nSPS) is 12.4. The van der Waals surface area contributed by atoms with Crippen LogP contribution in [0.4, 0.5) is 5.69 Å². The summed E-state index contributed by atoms with van der Waals surface area (Å²) in [5, 5.41) is 11.5. The van der Waals surface area contributed by atoms with Crippen molar-refractivity contribution in [2.75, 3.05) is 24.2 Å². The number of nitrogens with two attached hydrogens (primary N) is 1. The van der Waals surface area contributed by atoms with Crippen LogP contribution in [0.15, 0.2) is 27.8 Å². The molecule has 0 unspecified atom stereocenters. The van der Waals surface area contributed by atoms with Gasteiger partial charge in [-0.15, -0.1) is 0 Å². The van der Waals surface area contributed by atoms with Crippen molar-refractivity contribution in [1.82, 2.24) is 0 Å². The van der Waals surface area contributed by atoms with E-state index in [1.54, 1.807) is 12.1 Å². The molecule has 0 aliphatic heterocycles. The molecule has 112 valence electrons. The second kappa shape index (κ2) is 7.46. The summed E-state index contributed by atoms with van der Waals surface area (Å²) in [5.74, 6) is -0.0878. The summed E-state index contributed by atoms with van der Waals surface area (Å²) >= 11 is 3.24. The fourth-order valence-corrected chi connectivity index (χ4v) is 3.15. The predicted octanol–water partition coefficient (Wildman–Crippen LogP) is 1.32. The Kier molecular flexibility index (Phi) is 6.24. The number of hydrogen-bond acceptors (Lipinski definition) is 5. The zero-order chi connectivity index (χ0) is 15.2. The Labute approximate surface area is 126 Å². The molecule has 1 aromatic carbocycles. The SMILES string of the molecule is COCCCS(=O)(=O)Nc1ccc(/C(N)=N/O)cc1Br. The third kappa shape index (κ3) is 4.99. The maximum absolute atomic E-state index is 11.8. The van der Waals surface area contributed by atoms with E-state index in [1.165, 1.54) is 13.2 Å². The molecule has 1 aromatic rings. The highest BCUT2D eigenvalue weighted by Gasteiger charge is 2.13. The van der Waals surface area contributed by atoms with Gasteiger partial charge in [-0.25, -0.2) is 8.42 Å². The van der Waals surface area contributed by atoms with E-state index in [9.17, 15) is 8.42 Å². The largest absolute Gasteiger partial charge is 0.409 e. The number of oxime groups is 1. The lowest BCUT2D eigenvalue weighted by Gasteiger charge is -2.10. The van der Waals surface area contributed by atoms with Crippen LogP contribution >= 0.6 is 15.9 Å². The Morgan fingerprint density at radius 1 is 1.55 bits per heavy atom. The van der Waals surface area contributed by atoms with Gasteiger partial charge in [-0.2, -0.15) is 0 Å². The van der Waals surface area contributed by atoms with Crippen molar-refractivity contribution < 1.29 is 18.4 Å². The number of nitrogens with one attached hydrogen (secondary N) is 1. The van der Waals surface area contributed by atoms with Gasteiger partial charge in [-0.3, -0.25) is 4.72 Å². The molecule has 0 aliphatic carbocycles. The van der Waals surface area contributed by atoms with Gasteiger partial charge in [-0.05, 0) is 40.5 Å². The van der Waals surface area contributed by atoms with E-state index in [0.717, 1.165) is 0 Å². The lowest BCUT2D eigenvalue weighted by molar-refractivity contribution is 0.199. The van der Waals surface area contributed by atoms with Crippen LogP contribution in [0.25, 0.3) is 0 Å². The molecule has 0 aromatic heterocycles. The van der Waals surface area contributed by atoms with E-state index in [4.69, 9.17) is 15.7 Å². The Morgan fingerprint density at radius 3 is 2.80 bits per heavy atom. The van der Waals surface area contributed by atoms with Gasteiger partial charge in [0.1, 0.15) is 0 Å². The Morgan fingerprint density at radius 2 is 2.25 bits per heavy atom. The van der Waals surface area contributed by atoms with Gasteiger partial charge in [0.15, 0.2) is 5.84 Å². The standard InChI is InChI=1S/C11H16BrN3O4S/c1-19-5-2-6-20(17,18)15-10-4-3-8(7-9(10)12)11(13)14-16/h3-4,7,15-16H,2,5-6H2,1H3,(H2,13,14).